The predicted octanol–water partition coefficient (Wildman–Crippen LogP) is 3.44. The van der Waals surface area contributed by atoms with Crippen LogP contribution in [0.5, 0.6) is 0 Å². The van der Waals surface area contributed by atoms with Crippen molar-refractivity contribution in [2.75, 3.05) is 13.1 Å². The number of benzene rings is 1. The fourth-order valence-corrected chi connectivity index (χ4v) is 3.53. The van der Waals surface area contributed by atoms with Crippen molar-refractivity contribution in [2.45, 2.75) is 38.5 Å². The Morgan fingerprint density at radius 3 is 2.53 bits per heavy atom. The number of carbonyl (C=O) groups excluding carboxylic acids is 1. The molecule has 2 atom stereocenters. The summed E-state index contributed by atoms with van der Waals surface area (Å²) in [4.78, 5) is 13.3. The standard InChI is InChI=1S/C17H23NO/c1-13(19)18-9-7-14(8-10-18)11-16-12-17(16)15-5-3-2-4-6-15/h2-6,14,16-17H,7-12H2,1H3/t16-,17?/m1/s1. The molecule has 1 saturated carbocycles. The smallest absolute Gasteiger partial charge is 0.219 e. The van der Waals surface area contributed by atoms with Crippen LogP contribution in [0.2, 0.25) is 0 Å². The van der Waals surface area contributed by atoms with E-state index in [0.717, 1.165) is 30.8 Å². The van der Waals surface area contributed by atoms with Crippen molar-refractivity contribution in [3.05, 3.63) is 35.9 Å². The first kappa shape index (κ1) is 12.7. The SMILES string of the molecule is CC(=O)N1CCC(C[C@@H]2CC2c2ccccc2)CC1. The van der Waals surface area contributed by atoms with Crippen molar-refractivity contribution in [2.24, 2.45) is 11.8 Å². The van der Waals surface area contributed by atoms with Gasteiger partial charge in [0, 0.05) is 20.0 Å². The van der Waals surface area contributed by atoms with Gasteiger partial charge in [0.1, 0.15) is 0 Å². The van der Waals surface area contributed by atoms with Gasteiger partial charge in [0.2, 0.25) is 5.91 Å². The summed E-state index contributed by atoms with van der Waals surface area (Å²) in [6.45, 7) is 3.64. The molecule has 2 aliphatic rings. The molecule has 1 heterocycles. The van der Waals surface area contributed by atoms with Gasteiger partial charge in [-0.1, -0.05) is 30.3 Å². The lowest BCUT2D eigenvalue weighted by Crippen LogP contribution is -2.37. The summed E-state index contributed by atoms with van der Waals surface area (Å²) >= 11 is 0. The van der Waals surface area contributed by atoms with E-state index < -0.39 is 0 Å². The van der Waals surface area contributed by atoms with Gasteiger partial charge in [-0.15, -0.1) is 0 Å². The summed E-state index contributed by atoms with van der Waals surface area (Å²) in [7, 11) is 0. The van der Waals surface area contributed by atoms with Crippen LogP contribution >= 0.6 is 0 Å². The molecule has 0 bridgehead atoms. The molecule has 2 fully saturated rings. The largest absolute Gasteiger partial charge is 0.343 e. The summed E-state index contributed by atoms with van der Waals surface area (Å²) in [5, 5.41) is 0. The second kappa shape index (κ2) is 5.36. The van der Waals surface area contributed by atoms with E-state index >= 15 is 0 Å². The van der Waals surface area contributed by atoms with Crippen LogP contribution in [0.3, 0.4) is 0 Å². The number of hydrogen-bond acceptors (Lipinski definition) is 1. The van der Waals surface area contributed by atoms with Crippen molar-refractivity contribution in [1.29, 1.82) is 0 Å². The molecule has 19 heavy (non-hydrogen) atoms. The van der Waals surface area contributed by atoms with Crippen LogP contribution < -0.4 is 0 Å². The number of carbonyl (C=O) groups is 1. The minimum Gasteiger partial charge on any atom is -0.343 e. The van der Waals surface area contributed by atoms with E-state index in [1.165, 1.54) is 31.2 Å². The van der Waals surface area contributed by atoms with Crippen molar-refractivity contribution in [3.63, 3.8) is 0 Å². The number of hydrogen-bond donors (Lipinski definition) is 0. The molecule has 2 heteroatoms. The van der Waals surface area contributed by atoms with Gasteiger partial charge in [0.15, 0.2) is 0 Å². The van der Waals surface area contributed by atoms with Gasteiger partial charge in [-0.2, -0.15) is 0 Å². The first-order valence-electron chi connectivity index (χ1n) is 7.54. The van der Waals surface area contributed by atoms with Gasteiger partial charge in [-0.05, 0) is 49.0 Å². The average Bonchev–Trinajstić information content (AvgIpc) is 3.20. The Hall–Kier alpha value is -1.31. The molecule has 102 valence electrons. The molecule has 0 aromatic heterocycles. The van der Waals surface area contributed by atoms with E-state index in [1.54, 1.807) is 6.92 Å². The summed E-state index contributed by atoms with van der Waals surface area (Å²) in [6.07, 6.45) is 5.15. The lowest BCUT2D eigenvalue weighted by Gasteiger charge is -2.31. The average molecular weight is 257 g/mol. The maximum Gasteiger partial charge on any atom is 0.219 e. The Morgan fingerprint density at radius 1 is 1.21 bits per heavy atom. The van der Waals surface area contributed by atoms with Gasteiger partial charge < -0.3 is 4.90 Å². The molecule has 3 rings (SSSR count). The highest BCUT2D eigenvalue weighted by Crippen LogP contribution is 2.51. The van der Waals surface area contributed by atoms with Crippen molar-refractivity contribution < 1.29 is 4.79 Å². The third-order valence-electron chi connectivity index (χ3n) is 4.85. The third-order valence-corrected chi connectivity index (χ3v) is 4.85. The molecule has 1 aliphatic carbocycles. The predicted molar refractivity (Wildman–Crippen MR) is 76.9 cm³/mol. The summed E-state index contributed by atoms with van der Waals surface area (Å²) in [6, 6.07) is 10.9. The molecule has 0 N–H and O–H groups in total. The maximum atomic E-state index is 11.3. The molecule has 0 radical (unpaired) electrons. The van der Waals surface area contributed by atoms with E-state index in [2.05, 4.69) is 30.3 Å². The second-order valence-electron chi connectivity index (χ2n) is 6.20. The maximum absolute atomic E-state index is 11.3. The minimum absolute atomic E-state index is 0.243. The van der Waals surface area contributed by atoms with E-state index in [9.17, 15) is 4.79 Å². The Labute approximate surface area is 115 Å². The topological polar surface area (TPSA) is 20.3 Å². The van der Waals surface area contributed by atoms with Crippen LogP contribution in [-0.4, -0.2) is 23.9 Å². The van der Waals surface area contributed by atoms with Crippen LogP contribution in [0.15, 0.2) is 30.3 Å². The Kier molecular flexibility index (Phi) is 3.58. The molecule has 1 aromatic carbocycles. The number of amides is 1. The molecule has 0 spiro atoms. The molecule has 2 nitrogen and oxygen atoms in total. The quantitative estimate of drug-likeness (QED) is 0.812. The number of nitrogens with zero attached hydrogens (tertiary/aromatic N) is 1. The zero-order chi connectivity index (χ0) is 13.2. The Bertz CT molecular complexity index is 434. The molecule has 1 unspecified atom stereocenters. The fraction of sp³-hybridized carbons (Fsp3) is 0.588. The summed E-state index contributed by atoms with van der Waals surface area (Å²) < 4.78 is 0. The summed E-state index contributed by atoms with van der Waals surface area (Å²) in [5.74, 6) is 2.80. The number of likely N-dealkylation sites (tertiary alicyclic amines) is 1. The normalized spacial score (nSPS) is 27.3. The van der Waals surface area contributed by atoms with E-state index in [0.29, 0.717) is 0 Å². The van der Waals surface area contributed by atoms with Gasteiger partial charge >= 0.3 is 0 Å². The van der Waals surface area contributed by atoms with E-state index in [4.69, 9.17) is 0 Å². The highest BCUT2D eigenvalue weighted by atomic mass is 16.2. The highest BCUT2D eigenvalue weighted by molar-refractivity contribution is 5.73. The lowest BCUT2D eigenvalue weighted by molar-refractivity contribution is -0.130. The summed E-state index contributed by atoms with van der Waals surface area (Å²) in [5.41, 5.74) is 1.52. The van der Waals surface area contributed by atoms with E-state index in [1.807, 2.05) is 4.90 Å². The zero-order valence-corrected chi connectivity index (χ0v) is 11.7. The van der Waals surface area contributed by atoms with Gasteiger partial charge in [-0.3, -0.25) is 4.79 Å². The molecular weight excluding hydrogens is 234 g/mol. The van der Waals surface area contributed by atoms with Crippen molar-refractivity contribution >= 4 is 5.91 Å². The molecule has 1 amide bonds. The van der Waals surface area contributed by atoms with Crippen LogP contribution in [0.4, 0.5) is 0 Å². The Balaban J connectivity index is 1.46. The van der Waals surface area contributed by atoms with E-state index in [-0.39, 0.29) is 5.91 Å². The minimum atomic E-state index is 0.243. The van der Waals surface area contributed by atoms with Gasteiger partial charge in [0.25, 0.3) is 0 Å². The van der Waals surface area contributed by atoms with Gasteiger partial charge in [-0.25, -0.2) is 0 Å². The zero-order valence-electron chi connectivity index (χ0n) is 11.7. The molecule has 1 saturated heterocycles. The number of piperidine rings is 1. The third kappa shape index (κ3) is 2.99. The lowest BCUT2D eigenvalue weighted by atomic mass is 9.90. The first-order valence-corrected chi connectivity index (χ1v) is 7.54. The molecular formula is C17H23NO. The van der Waals surface area contributed by atoms with Crippen LogP contribution in [-0.2, 0) is 4.79 Å². The second-order valence-corrected chi connectivity index (χ2v) is 6.20. The highest BCUT2D eigenvalue weighted by Gasteiger charge is 2.39. The van der Waals surface area contributed by atoms with Crippen LogP contribution in [0.1, 0.15) is 44.1 Å². The van der Waals surface area contributed by atoms with Crippen LogP contribution in [0, 0.1) is 11.8 Å². The fourth-order valence-electron chi connectivity index (χ4n) is 3.53. The van der Waals surface area contributed by atoms with Crippen molar-refractivity contribution in [1.82, 2.24) is 4.90 Å². The van der Waals surface area contributed by atoms with Crippen molar-refractivity contribution in [3.8, 4) is 0 Å². The number of rotatable bonds is 3. The monoisotopic (exact) mass is 257 g/mol. The van der Waals surface area contributed by atoms with Crippen LogP contribution in [0.25, 0.3) is 0 Å². The molecule has 1 aliphatic heterocycles. The molecule has 1 aromatic rings. The van der Waals surface area contributed by atoms with Gasteiger partial charge in [0.05, 0.1) is 0 Å². The Morgan fingerprint density at radius 2 is 1.89 bits per heavy atom. The first-order chi connectivity index (χ1) is 9.24.